The van der Waals surface area contributed by atoms with Crippen LogP contribution in [0.25, 0.3) is 0 Å². The van der Waals surface area contributed by atoms with Gasteiger partial charge in [-0.1, -0.05) is 24.3 Å². The van der Waals surface area contributed by atoms with Crippen molar-refractivity contribution in [2.75, 3.05) is 25.0 Å². The van der Waals surface area contributed by atoms with Crippen molar-refractivity contribution < 1.29 is 26.4 Å². The lowest BCUT2D eigenvalue weighted by molar-refractivity contribution is -0.139. The van der Waals surface area contributed by atoms with Gasteiger partial charge in [-0.3, -0.25) is 4.79 Å². The molecule has 0 saturated carbocycles. The van der Waals surface area contributed by atoms with Crippen molar-refractivity contribution in [1.29, 1.82) is 0 Å². The summed E-state index contributed by atoms with van der Waals surface area (Å²) in [6.07, 6.45) is -1.26. The molecule has 0 bridgehead atoms. The van der Waals surface area contributed by atoms with E-state index < -0.39 is 38.6 Å². The van der Waals surface area contributed by atoms with Crippen LogP contribution in [0.1, 0.15) is 37.3 Å². The van der Waals surface area contributed by atoms with E-state index >= 15 is 0 Å². The summed E-state index contributed by atoms with van der Waals surface area (Å²) in [4.78, 5) is 15.5. The summed E-state index contributed by atoms with van der Waals surface area (Å²) in [6.45, 7) is 3.59. The average molecular weight is 484 g/mol. The molecular formula is C23H28F3N3O3S. The Morgan fingerprint density at radius 3 is 2.27 bits per heavy atom. The van der Waals surface area contributed by atoms with Crippen molar-refractivity contribution in [2.24, 2.45) is 0 Å². The number of amides is 1. The number of likely N-dealkylation sites (N-methyl/N-ethyl adjacent to an activating group) is 1. The second kappa shape index (κ2) is 10.1. The predicted molar refractivity (Wildman–Crippen MR) is 120 cm³/mol. The van der Waals surface area contributed by atoms with Crippen LogP contribution in [0.3, 0.4) is 0 Å². The molecule has 33 heavy (non-hydrogen) atoms. The predicted octanol–water partition coefficient (Wildman–Crippen LogP) is 4.02. The van der Waals surface area contributed by atoms with E-state index in [2.05, 4.69) is 9.62 Å². The van der Waals surface area contributed by atoms with Gasteiger partial charge in [-0.2, -0.15) is 17.9 Å². The third kappa shape index (κ3) is 6.26. The molecule has 1 amide bonds. The minimum absolute atomic E-state index is 0.240. The molecule has 1 aliphatic rings. The minimum Gasteiger partial charge on any atom is -0.372 e. The number of sulfonamides is 1. The lowest BCUT2D eigenvalue weighted by atomic mass is 10.1. The average Bonchev–Trinajstić information content (AvgIpc) is 2.78. The van der Waals surface area contributed by atoms with Gasteiger partial charge in [0.1, 0.15) is 0 Å². The van der Waals surface area contributed by atoms with E-state index in [1.165, 1.54) is 44.2 Å². The van der Waals surface area contributed by atoms with Crippen LogP contribution in [0.4, 0.5) is 18.9 Å². The number of nitrogens with one attached hydrogen (secondary N) is 1. The first-order valence-electron chi connectivity index (χ1n) is 10.8. The normalized spacial score (nSPS) is 15.8. The molecule has 0 aliphatic carbocycles. The summed E-state index contributed by atoms with van der Waals surface area (Å²) in [5, 5.41) is 0. The Bertz CT molecular complexity index is 1070. The standard InChI is InChI=1S/C23H28F3N3O3S/c1-17(27-33(31,32)21-9-5-4-8-20(21)23(24,25)26)22(30)28(2)16-18-10-12-19(13-11-18)29-14-6-3-7-15-29/h4-5,8-13,17,27H,3,6-7,14-16H2,1-2H3/t17-/m0/s1. The van der Waals surface area contributed by atoms with Crippen LogP contribution >= 0.6 is 0 Å². The van der Waals surface area contributed by atoms with Gasteiger partial charge in [-0.25, -0.2) is 8.42 Å². The molecule has 2 aromatic rings. The minimum atomic E-state index is -4.84. The fourth-order valence-electron chi connectivity index (χ4n) is 3.93. The van der Waals surface area contributed by atoms with Gasteiger partial charge in [0.05, 0.1) is 16.5 Å². The highest BCUT2D eigenvalue weighted by Crippen LogP contribution is 2.34. The summed E-state index contributed by atoms with van der Waals surface area (Å²) >= 11 is 0. The zero-order chi connectivity index (χ0) is 24.2. The number of alkyl halides is 3. The summed E-state index contributed by atoms with van der Waals surface area (Å²) < 4.78 is 66.9. The number of anilines is 1. The first-order chi connectivity index (χ1) is 15.5. The molecule has 1 fully saturated rings. The number of nitrogens with zero attached hydrogens (tertiary/aromatic N) is 2. The molecule has 0 radical (unpaired) electrons. The molecule has 1 saturated heterocycles. The molecule has 1 heterocycles. The van der Waals surface area contributed by atoms with Crippen molar-refractivity contribution in [3.8, 4) is 0 Å². The third-order valence-electron chi connectivity index (χ3n) is 5.64. The Morgan fingerprint density at radius 1 is 1.06 bits per heavy atom. The largest absolute Gasteiger partial charge is 0.417 e. The highest BCUT2D eigenvalue weighted by atomic mass is 32.2. The lowest BCUT2D eigenvalue weighted by Crippen LogP contribution is -2.45. The number of carbonyl (C=O) groups is 1. The van der Waals surface area contributed by atoms with Crippen molar-refractivity contribution in [2.45, 2.75) is 49.8 Å². The number of benzene rings is 2. The van der Waals surface area contributed by atoms with Gasteiger partial charge in [0.15, 0.2) is 0 Å². The number of piperidine rings is 1. The van der Waals surface area contributed by atoms with Crippen LogP contribution in [-0.2, 0) is 27.5 Å². The number of hydrogen-bond acceptors (Lipinski definition) is 4. The van der Waals surface area contributed by atoms with Crippen LogP contribution in [0.2, 0.25) is 0 Å². The molecule has 10 heteroatoms. The molecule has 2 aromatic carbocycles. The van der Waals surface area contributed by atoms with Crippen LogP contribution in [0.5, 0.6) is 0 Å². The van der Waals surface area contributed by atoms with E-state index in [9.17, 15) is 26.4 Å². The maximum atomic E-state index is 13.2. The van der Waals surface area contributed by atoms with E-state index in [0.717, 1.165) is 36.5 Å². The van der Waals surface area contributed by atoms with Gasteiger partial charge in [0.25, 0.3) is 0 Å². The molecule has 1 N–H and O–H groups in total. The zero-order valence-electron chi connectivity index (χ0n) is 18.6. The molecule has 180 valence electrons. The second-order valence-corrected chi connectivity index (χ2v) is 9.93. The van der Waals surface area contributed by atoms with Crippen LogP contribution < -0.4 is 9.62 Å². The van der Waals surface area contributed by atoms with E-state index in [1.807, 2.05) is 24.3 Å². The van der Waals surface area contributed by atoms with Gasteiger partial charge in [-0.05, 0) is 56.0 Å². The highest BCUT2D eigenvalue weighted by Gasteiger charge is 2.37. The summed E-state index contributed by atoms with van der Waals surface area (Å²) in [5.41, 5.74) is 0.709. The molecule has 6 nitrogen and oxygen atoms in total. The van der Waals surface area contributed by atoms with E-state index in [1.54, 1.807) is 0 Å². The van der Waals surface area contributed by atoms with Crippen molar-refractivity contribution >= 4 is 21.6 Å². The maximum absolute atomic E-state index is 13.2. The first kappa shape index (κ1) is 25.0. The second-order valence-electron chi connectivity index (χ2n) is 8.25. The summed E-state index contributed by atoms with van der Waals surface area (Å²) in [6, 6.07) is 10.5. The fraction of sp³-hybridized carbons (Fsp3) is 0.435. The van der Waals surface area contributed by atoms with Crippen molar-refractivity contribution in [3.05, 3.63) is 59.7 Å². The van der Waals surface area contributed by atoms with Crippen LogP contribution in [-0.4, -0.2) is 45.4 Å². The van der Waals surface area contributed by atoms with E-state index in [0.29, 0.717) is 6.07 Å². The summed E-state index contributed by atoms with van der Waals surface area (Å²) in [7, 11) is -3.04. The number of carbonyl (C=O) groups excluding carboxylic acids is 1. The topological polar surface area (TPSA) is 69.7 Å². The highest BCUT2D eigenvalue weighted by molar-refractivity contribution is 7.89. The Labute approximate surface area is 192 Å². The number of rotatable bonds is 7. The van der Waals surface area contributed by atoms with Crippen LogP contribution in [0.15, 0.2) is 53.4 Å². The Kier molecular flexibility index (Phi) is 7.69. The first-order valence-corrected chi connectivity index (χ1v) is 12.2. The maximum Gasteiger partial charge on any atom is 0.417 e. The third-order valence-corrected chi connectivity index (χ3v) is 7.24. The molecule has 1 atom stereocenters. The smallest absolute Gasteiger partial charge is 0.372 e. The Balaban J connectivity index is 1.65. The fourth-order valence-corrected chi connectivity index (χ4v) is 5.35. The number of hydrogen-bond donors (Lipinski definition) is 1. The lowest BCUT2D eigenvalue weighted by Gasteiger charge is -2.29. The Morgan fingerprint density at radius 2 is 1.67 bits per heavy atom. The molecular weight excluding hydrogens is 455 g/mol. The molecule has 0 unspecified atom stereocenters. The molecule has 3 rings (SSSR count). The quantitative estimate of drug-likeness (QED) is 0.646. The van der Waals surface area contributed by atoms with Crippen LogP contribution in [0, 0.1) is 0 Å². The van der Waals surface area contributed by atoms with E-state index in [4.69, 9.17) is 0 Å². The molecule has 0 spiro atoms. The molecule has 1 aliphatic heterocycles. The van der Waals surface area contributed by atoms with Crippen molar-refractivity contribution in [1.82, 2.24) is 9.62 Å². The molecule has 0 aromatic heterocycles. The van der Waals surface area contributed by atoms with Gasteiger partial charge in [-0.15, -0.1) is 0 Å². The number of halogens is 3. The van der Waals surface area contributed by atoms with Crippen molar-refractivity contribution in [3.63, 3.8) is 0 Å². The van der Waals surface area contributed by atoms with Gasteiger partial charge in [0.2, 0.25) is 15.9 Å². The zero-order valence-corrected chi connectivity index (χ0v) is 19.4. The summed E-state index contributed by atoms with van der Waals surface area (Å²) in [5.74, 6) is -0.553. The SMILES string of the molecule is C[C@H](NS(=O)(=O)c1ccccc1C(F)(F)F)C(=O)N(C)Cc1ccc(N2CCCCC2)cc1. The van der Waals surface area contributed by atoms with Gasteiger partial charge in [0, 0.05) is 32.4 Å². The monoisotopic (exact) mass is 483 g/mol. The van der Waals surface area contributed by atoms with E-state index in [-0.39, 0.29) is 6.54 Å². The van der Waals surface area contributed by atoms with Gasteiger partial charge < -0.3 is 9.80 Å². The Hall–Kier alpha value is -2.59. The van der Waals surface area contributed by atoms with Gasteiger partial charge >= 0.3 is 6.18 Å².